The Morgan fingerprint density at radius 3 is 2.86 bits per heavy atom. The quantitative estimate of drug-likeness (QED) is 0.683. The topological polar surface area (TPSA) is 38.2 Å². The van der Waals surface area contributed by atoms with Crippen LogP contribution in [0.25, 0.3) is 0 Å². The minimum Gasteiger partial charge on any atom is -0.378 e. The van der Waals surface area contributed by atoms with Gasteiger partial charge in [-0.05, 0) is 6.26 Å². The summed E-state index contributed by atoms with van der Waals surface area (Å²) in [6.07, 6.45) is 5.60. The summed E-state index contributed by atoms with van der Waals surface area (Å²) in [5.41, 5.74) is 0. The van der Waals surface area contributed by atoms with Crippen molar-refractivity contribution in [3.63, 3.8) is 0 Å². The third kappa shape index (κ3) is 2.16. The first kappa shape index (κ1) is 9.73. The molecule has 0 unspecified atom stereocenters. The third-order valence-corrected chi connectivity index (χ3v) is 2.76. The van der Waals surface area contributed by atoms with Crippen molar-refractivity contribution in [2.24, 2.45) is 0 Å². The van der Waals surface area contributed by atoms with Gasteiger partial charge in [0.05, 0.1) is 25.6 Å². The maximum absolute atomic E-state index is 5.28. The van der Waals surface area contributed by atoms with Crippen molar-refractivity contribution in [1.29, 1.82) is 0 Å². The van der Waals surface area contributed by atoms with Gasteiger partial charge in [0, 0.05) is 13.1 Å². The lowest BCUT2D eigenvalue weighted by Gasteiger charge is -2.27. The summed E-state index contributed by atoms with van der Waals surface area (Å²) in [5, 5.41) is 0.967. The molecule has 76 valence electrons. The van der Waals surface area contributed by atoms with Crippen LogP contribution in [0.5, 0.6) is 0 Å². The van der Waals surface area contributed by atoms with Gasteiger partial charge in [-0.3, -0.25) is 4.98 Å². The van der Waals surface area contributed by atoms with Gasteiger partial charge < -0.3 is 9.64 Å². The predicted molar refractivity (Wildman–Crippen MR) is 56.8 cm³/mol. The van der Waals surface area contributed by atoms with Crippen molar-refractivity contribution in [2.45, 2.75) is 5.03 Å². The van der Waals surface area contributed by atoms with E-state index < -0.39 is 0 Å². The zero-order chi connectivity index (χ0) is 9.80. The fourth-order valence-corrected chi connectivity index (χ4v) is 1.73. The van der Waals surface area contributed by atoms with Gasteiger partial charge in [0.1, 0.15) is 10.8 Å². The molecule has 2 heterocycles. The van der Waals surface area contributed by atoms with Gasteiger partial charge in [0.15, 0.2) is 0 Å². The molecule has 5 heteroatoms. The van der Waals surface area contributed by atoms with E-state index in [9.17, 15) is 0 Å². The molecule has 0 amide bonds. The highest BCUT2D eigenvalue weighted by Crippen LogP contribution is 2.16. The lowest BCUT2D eigenvalue weighted by atomic mass is 10.4. The van der Waals surface area contributed by atoms with Crippen LogP contribution in [0, 0.1) is 0 Å². The first-order valence-electron chi connectivity index (χ1n) is 4.59. The SMILES string of the molecule is CSc1cncc(N2CCOCC2)n1. The molecule has 0 aromatic carbocycles. The second kappa shape index (κ2) is 4.61. The monoisotopic (exact) mass is 211 g/mol. The zero-order valence-corrected chi connectivity index (χ0v) is 8.96. The normalized spacial score (nSPS) is 17.1. The molecule has 0 bridgehead atoms. The summed E-state index contributed by atoms with van der Waals surface area (Å²) >= 11 is 1.62. The molecule has 1 aromatic rings. The Kier molecular flexibility index (Phi) is 3.21. The molecule has 14 heavy (non-hydrogen) atoms. The van der Waals surface area contributed by atoms with Gasteiger partial charge in [0.25, 0.3) is 0 Å². The zero-order valence-electron chi connectivity index (χ0n) is 8.14. The maximum atomic E-state index is 5.28. The number of hydrogen-bond donors (Lipinski definition) is 0. The number of nitrogens with zero attached hydrogens (tertiary/aromatic N) is 3. The molecule has 0 saturated carbocycles. The smallest absolute Gasteiger partial charge is 0.148 e. The molecule has 1 aliphatic heterocycles. The van der Waals surface area contributed by atoms with Crippen LogP contribution in [-0.4, -0.2) is 42.5 Å². The number of rotatable bonds is 2. The van der Waals surface area contributed by atoms with E-state index in [1.807, 2.05) is 12.5 Å². The number of ether oxygens (including phenoxy) is 1. The highest BCUT2D eigenvalue weighted by atomic mass is 32.2. The number of thioether (sulfide) groups is 1. The van der Waals surface area contributed by atoms with Crippen molar-refractivity contribution in [2.75, 3.05) is 37.5 Å². The Labute approximate surface area is 87.7 Å². The minimum atomic E-state index is 0.783. The van der Waals surface area contributed by atoms with E-state index in [2.05, 4.69) is 14.9 Å². The van der Waals surface area contributed by atoms with Crippen molar-refractivity contribution < 1.29 is 4.74 Å². The van der Waals surface area contributed by atoms with Gasteiger partial charge in [-0.1, -0.05) is 0 Å². The number of anilines is 1. The summed E-state index contributed by atoms with van der Waals surface area (Å²) < 4.78 is 5.28. The molecule has 0 radical (unpaired) electrons. The molecule has 1 fully saturated rings. The molecular weight excluding hydrogens is 198 g/mol. The van der Waals surface area contributed by atoms with E-state index in [0.717, 1.165) is 37.1 Å². The summed E-state index contributed by atoms with van der Waals surface area (Å²) in [5.74, 6) is 0.958. The van der Waals surface area contributed by atoms with Crippen LogP contribution < -0.4 is 4.90 Å². The molecule has 0 atom stereocenters. The van der Waals surface area contributed by atoms with Crippen LogP contribution in [0.4, 0.5) is 5.82 Å². The van der Waals surface area contributed by atoms with Gasteiger partial charge in [-0.15, -0.1) is 11.8 Å². The predicted octanol–water partition coefficient (Wildman–Crippen LogP) is 1.04. The Morgan fingerprint density at radius 1 is 1.36 bits per heavy atom. The molecule has 2 rings (SSSR count). The second-order valence-electron chi connectivity index (χ2n) is 3.02. The van der Waals surface area contributed by atoms with Crippen LogP contribution in [-0.2, 0) is 4.74 Å². The van der Waals surface area contributed by atoms with Gasteiger partial charge in [-0.25, -0.2) is 4.98 Å². The largest absolute Gasteiger partial charge is 0.378 e. The van der Waals surface area contributed by atoms with Crippen LogP contribution >= 0.6 is 11.8 Å². The number of aromatic nitrogens is 2. The molecule has 0 aliphatic carbocycles. The van der Waals surface area contributed by atoms with Crippen molar-refractivity contribution >= 4 is 17.6 Å². The summed E-state index contributed by atoms with van der Waals surface area (Å²) in [4.78, 5) is 10.9. The second-order valence-corrected chi connectivity index (χ2v) is 3.85. The first-order chi connectivity index (χ1) is 6.90. The van der Waals surface area contributed by atoms with Gasteiger partial charge in [-0.2, -0.15) is 0 Å². The fourth-order valence-electron chi connectivity index (χ4n) is 1.38. The van der Waals surface area contributed by atoms with Crippen LogP contribution in [0.2, 0.25) is 0 Å². The van der Waals surface area contributed by atoms with E-state index in [4.69, 9.17) is 4.74 Å². The molecule has 4 nitrogen and oxygen atoms in total. The molecule has 1 saturated heterocycles. The standard InChI is InChI=1S/C9H13N3OS/c1-14-9-7-10-6-8(11-9)12-2-4-13-5-3-12/h6-7H,2-5H2,1H3. The highest BCUT2D eigenvalue weighted by Gasteiger charge is 2.12. The lowest BCUT2D eigenvalue weighted by Crippen LogP contribution is -2.36. The third-order valence-electron chi connectivity index (χ3n) is 2.14. The maximum Gasteiger partial charge on any atom is 0.148 e. The molecule has 0 N–H and O–H groups in total. The summed E-state index contributed by atoms with van der Waals surface area (Å²) in [7, 11) is 0. The Morgan fingerprint density at radius 2 is 2.14 bits per heavy atom. The average molecular weight is 211 g/mol. The summed E-state index contributed by atoms with van der Waals surface area (Å²) in [6.45, 7) is 3.38. The average Bonchev–Trinajstić information content (AvgIpc) is 2.30. The van der Waals surface area contributed by atoms with Crippen LogP contribution in [0.15, 0.2) is 17.4 Å². The molecule has 1 aromatic heterocycles. The Bertz CT molecular complexity index is 302. The van der Waals surface area contributed by atoms with E-state index in [-0.39, 0.29) is 0 Å². The van der Waals surface area contributed by atoms with Crippen LogP contribution in [0.3, 0.4) is 0 Å². The van der Waals surface area contributed by atoms with Crippen molar-refractivity contribution in [1.82, 2.24) is 9.97 Å². The molecule has 0 spiro atoms. The van der Waals surface area contributed by atoms with Crippen LogP contribution in [0.1, 0.15) is 0 Å². The van der Waals surface area contributed by atoms with Gasteiger partial charge >= 0.3 is 0 Å². The number of morpholine rings is 1. The molecular formula is C9H13N3OS. The first-order valence-corrected chi connectivity index (χ1v) is 5.81. The molecule has 1 aliphatic rings. The van der Waals surface area contributed by atoms with E-state index in [0.29, 0.717) is 0 Å². The van der Waals surface area contributed by atoms with E-state index >= 15 is 0 Å². The highest BCUT2D eigenvalue weighted by molar-refractivity contribution is 7.98. The summed E-state index contributed by atoms with van der Waals surface area (Å²) in [6, 6.07) is 0. The van der Waals surface area contributed by atoms with Crippen molar-refractivity contribution in [3.05, 3.63) is 12.4 Å². The van der Waals surface area contributed by atoms with Crippen molar-refractivity contribution in [3.8, 4) is 0 Å². The fraction of sp³-hybridized carbons (Fsp3) is 0.556. The number of hydrogen-bond acceptors (Lipinski definition) is 5. The van der Waals surface area contributed by atoms with E-state index in [1.165, 1.54) is 0 Å². The minimum absolute atomic E-state index is 0.783. The van der Waals surface area contributed by atoms with E-state index in [1.54, 1.807) is 18.0 Å². The lowest BCUT2D eigenvalue weighted by molar-refractivity contribution is 0.122. The Balaban J connectivity index is 2.13. The van der Waals surface area contributed by atoms with Gasteiger partial charge in [0.2, 0.25) is 0 Å². The Hall–Kier alpha value is -0.810.